The first-order valence-electron chi connectivity index (χ1n) is 9.04. The zero-order chi connectivity index (χ0) is 16.3. The first-order chi connectivity index (χ1) is 11.2. The van der Waals surface area contributed by atoms with Gasteiger partial charge in [-0.05, 0) is 48.9 Å². The van der Waals surface area contributed by atoms with E-state index in [2.05, 4.69) is 72.3 Å². The summed E-state index contributed by atoms with van der Waals surface area (Å²) in [6.45, 7) is 0. The van der Waals surface area contributed by atoms with Gasteiger partial charge in [0.1, 0.15) is 7.85 Å². The minimum absolute atomic E-state index is 1.17. The summed E-state index contributed by atoms with van der Waals surface area (Å²) in [6.07, 6.45) is 12.0. The van der Waals surface area contributed by atoms with Crippen molar-refractivity contribution in [3.63, 3.8) is 0 Å². The summed E-state index contributed by atoms with van der Waals surface area (Å²) in [5.74, 6) is 0. The minimum atomic E-state index is 1.17. The lowest BCUT2D eigenvalue weighted by atomic mass is 9.94. The summed E-state index contributed by atoms with van der Waals surface area (Å²) in [5.41, 5.74) is 4.31. The van der Waals surface area contributed by atoms with E-state index in [1.165, 1.54) is 78.8 Å². The van der Waals surface area contributed by atoms with Gasteiger partial charge in [-0.3, -0.25) is 0 Å². The molecular weight excluding hydrogens is 343 g/mol. The Kier molecular flexibility index (Phi) is 8.53. The molecule has 0 aliphatic carbocycles. The van der Waals surface area contributed by atoms with Crippen LogP contribution >= 0.6 is 15.9 Å². The lowest BCUT2D eigenvalue weighted by Crippen LogP contribution is -2.00. The minimum Gasteiger partial charge on any atom is -0.0889 e. The third-order valence-corrected chi connectivity index (χ3v) is 4.99. The normalized spacial score (nSPS) is 10.8. The Morgan fingerprint density at radius 2 is 0.957 bits per heavy atom. The fraction of sp³-hybridized carbons (Fsp3) is 0.429. The average Bonchev–Trinajstić information content (AvgIpc) is 2.56. The highest BCUT2D eigenvalue weighted by Gasteiger charge is 1.96. The highest BCUT2D eigenvalue weighted by molar-refractivity contribution is 9.10. The van der Waals surface area contributed by atoms with Gasteiger partial charge in [0, 0.05) is 4.47 Å². The van der Waals surface area contributed by atoms with Crippen molar-refractivity contribution in [2.24, 2.45) is 0 Å². The molecule has 2 rings (SSSR count). The van der Waals surface area contributed by atoms with E-state index >= 15 is 0 Å². The summed E-state index contributed by atoms with van der Waals surface area (Å²) in [4.78, 5) is 0. The van der Waals surface area contributed by atoms with Crippen LogP contribution in [0, 0.1) is 0 Å². The van der Waals surface area contributed by atoms with Crippen LogP contribution in [0.4, 0.5) is 0 Å². The summed E-state index contributed by atoms with van der Waals surface area (Å²) in [7, 11) is 2.15. The van der Waals surface area contributed by atoms with Gasteiger partial charge >= 0.3 is 0 Å². The van der Waals surface area contributed by atoms with E-state index in [0.717, 1.165) is 0 Å². The van der Waals surface area contributed by atoms with E-state index in [4.69, 9.17) is 0 Å². The first kappa shape index (κ1) is 18.3. The number of hydrogen-bond donors (Lipinski definition) is 0. The second-order valence-electron chi connectivity index (χ2n) is 6.59. The molecule has 0 nitrogen and oxygen atoms in total. The van der Waals surface area contributed by atoms with Crippen molar-refractivity contribution >= 4 is 29.2 Å². The van der Waals surface area contributed by atoms with E-state index in [9.17, 15) is 0 Å². The molecule has 0 unspecified atom stereocenters. The third-order valence-electron chi connectivity index (χ3n) is 4.46. The molecule has 0 bridgehead atoms. The molecule has 0 amide bonds. The van der Waals surface area contributed by atoms with Crippen LogP contribution < -0.4 is 5.46 Å². The van der Waals surface area contributed by atoms with Crippen molar-refractivity contribution in [2.45, 2.75) is 57.8 Å². The predicted molar refractivity (Wildman–Crippen MR) is 108 cm³/mol. The molecule has 0 aromatic heterocycles. The molecule has 0 fully saturated rings. The van der Waals surface area contributed by atoms with Gasteiger partial charge in [0.25, 0.3) is 0 Å². The smallest absolute Gasteiger partial charge is 0.0889 e. The summed E-state index contributed by atoms with van der Waals surface area (Å²) in [6, 6.07) is 17.7. The van der Waals surface area contributed by atoms with E-state index in [0.29, 0.717) is 0 Å². The van der Waals surface area contributed by atoms with Crippen LogP contribution in [0.5, 0.6) is 0 Å². The maximum Gasteiger partial charge on any atom is 0.139 e. The fourth-order valence-electron chi connectivity index (χ4n) is 2.95. The van der Waals surface area contributed by atoms with Crippen LogP contribution in [0.1, 0.15) is 56.1 Å². The SMILES string of the molecule is Bc1ccc(CCCCCCCCCc2ccc(Br)cc2)cc1. The Morgan fingerprint density at radius 1 is 0.565 bits per heavy atom. The molecule has 0 saturated carbocycles. The van der Waals surface area contributed by atoms with Gasteiger partial charge in [-0.2, -0.15) is 0 Å². The van der Waals surface area contributed by atoms with Crippen molar-refractivity contribution in [3.8, 4) is 0 Å². The van der Waals surface area contributed by atoms with Crippen LogP contribution in [0.15, 0.2) is 53.0 Å². The zero-order valence-corrected chi connectivity index (χ0v) is 15.9. The zero-order valence-electron chi connectivity index (χ0n) is 14.4. The Bertz CT molecular complexity index is 494. The monoisotopic (exact) mass is 370 g/mol. The maximum atomic E-state index is 3.49. The molecule has 2 heteroatoms. The van der Waals surface area contributed by atoms with Crippen molar-refractivity contribution < 1.29 is 0 Å². The molecule has 0 atom stereocenters. The summed E-state index contributed by atoms with van der Waals surface area (Å²) in [5, 5.41) is 0. The van der Waals surface area contributed by atoms with Crippen molar-refractivity contribution in [1.82, 2.24) is 0 Å². The Balaban J connectivity index is 1.43. The van der Waals surface area contributed by atoms with Crippen LogP contribution in [-0.2, 0) is 12.8 Å². The molecule has 0 heterocycles. The average molecular weight is 371 g/mol. The number of hydrogen-bond acceptors (Lipinski definition) is 0. The Labute approximate surface area is 151 Å². The van der Waals surface area contributed by atoms with Gasteiger partial charge in [-0.25, -0.2) is 0 Å². The van der Waals surface area contributed by atoms with Gasteiger partial charge in [-0.15, -0.1) is 0 Å². The molecule has 0 aliphatic heterocycles. The molecule has 122 valence electrons. The lowest BCUT2D eigenvalue weighted by molar-refractivity contribution is 0.579. The molecular formula is C21H28BBr. The highest BCUT2D eigenvalue weighted by Crippen LogP contribution is 2.14. The fourth-order valence-corrected chi connectivity index (χ4v) is 3.21. The predicted octanol–water partition coefficient (Wildman–Crippen LogP) is 5.22. The summed E-state index contributed by atoms with van der Waals surface area (Å²) < 4.78 is 1.17. The van der Waals surface area contributed by atoms with E-state index < -0.39 is 0 Å². The van der Waals surface area contributed by atoms with E-state index in [1.807, 2.05) is 0 Å². The van der Waals surface area contributed by atoms with Gasteiger partial charge in [0.05, 0.1) is 0 Å². The summed E-state index contributed by atoms with van der Waals surface area (Å²) >= 11 is 3.49. The number of benzene rings is 2. The topological polar surface area (TPSA) is 0 Å². The van der Waals surface area contributed by atoms with Gasteiger partial charge in [-0.1, -0.05) is 89.9 Å². The first-order valence-corrected chi connectivity index (χ1v) is 9.83. The van der Waals surface area contributed by atoms with Crippen molar-refractivity contribution in [1.29, 1.82) is 0 Å². The molecule has 0 radical (unpaired) electrons. The highest BCUT2D eigenvalue weighted by atomic mass is 79.9. The Morgan fingerprint density at radius 3 is 1.43 bits per heavy atom. The molecule has 2 aromatic carbocycles. The molecule has 0 saturated heterocycles. The lowest BCUT2D eigenvalue weighted by Gasteiger charge is -2.04. The van der Waals surface area contributed by atoms with E-state index in [-0.39, 0.29) is 0 Å². The van der Waals surface area contributed by atoms with Gasteiger partial charge in [0.2, 0.25) is 0 Å². The number of halogens is 1. The van der Waals surface area contributed by atoms with Crippen LogP contribution in [-0.4, -0.2) is 7.85 Å². The standard InChI is InChI=1S/C21H28BBr/c22-20-14-10-18(11-15-20)8-6-4-2-1-3-5-7-9-19-12-16-21(23)17-13-19/h10-17H,1-9,22H2. The van der Waals surface area contributed by atoms with Crippen molar-refractivity contribution in [2.75, 3.05) is 0 Å². The second kappa shape index (κ2) is 10.7. The molecule has 0 spiro atoms. The molecule has 23 heavy (non-hydrogen) atoms. The molecule has 0 aliphatic rings. The van der Waals surface area contributed by atoms with Gasteiger partial charge < -0.3 is 0 Å². The van der Waals surface area contributed by atoms with E-state index in [1.54, 1.807) is 0 Å². The maximum absolute atomic E-state index is 3.49. The number of unbranched alkanes of at least 4 members (excludes halogenated alkanes) is 6. The molecule has 2 aromatic rings. The molecule has 0 N–H and O–H groups in total. The van der Waals surface area contributed by atoms with Crippen molar-refractivity contribution in [3.05, 3.63) is 64.1 Å². The second-order valence-corrected chi connectivity index (χ2v) is 7.50. The van der Waals surface area contributed by atoms with Crippen LogP contribution in [0.25, 0.3) is 0 Å². The quantitative estimate of drug-likeness (QED) is 0.397. The third kappa shape index (κ3) is 7.88. The number of rotatable bonds is 10. The largest absolute Gasteiger partial charge is 0.139 e. The Hall–Kier alpha value is -1.02. The number of aryl methyl sites for hydroxylation is 2. The van der Waals surface area contributed by atoms with Crippen LogP contribution in [0.3, 0.4) is 0 Å². The van der Waals surface area contributed by atoms with Crippen LogP contribution in [0.2, 0.25) is 0 Å². The van der Waals surface area contributed by atoms with Gasteiger partial charge in [0.15, 0.2) is 0 Å².